The Morgan fingerprint density at radius 3 is 2.29 bits per heavy atom. The molecule has 0 fully saturated rings. The number of carboxylic acid groups (broad SMARTS) is 1. The van der Waals surface area contributed by atoms with Crippen molar-refractivity contribution in [2.75, 3.05) is 27.7 Å². The highest BCUT2D eigenvalue weighted by molar-refractivity contribution is 5.88. The van der Waals surface area contributed by atoms with Crippen LogP contribution in [0, 0.1) is 0 Å². The quantitative estimate of drug-likeness (QED) is 0.536. The number of aliphatic carboxylic acids is 1. The van der Waals surface area contributed by atoms with Crippen molar-refractivity contribution in [1.29, 1.82) is 0 Å². The molecule has 0 rings (SSSR count). The van der Waals surface area contributed by atoms with Crippen LogP contribution in [-0.2, 0) is 9.59 Å². The molecule has 0 heterocycles. The molecule has 1 atom stereocenters. The van der Waals surface area contributed by atoms with Crippen molar-refractivity contribution in [2.45, 2.75) is 18.9 Å². The van der Waals surface area contributed by atoms with Gasteiger partial charge in [-0.25, -0.2) is 0 Å². The van der Waals surface area contributed by atoms with Crippen LogP contribution in [-0.4, -0.2) is 54.6 Å². The van der Waals surface area contributed by atoms with Gasteiger partial charge in [-0.2, -0.15) is 0 Å². The van der Waals surface area contributed by atoms with Gasteiger partial charge in [0.25, 0.3) is 0 Å². The summed E-state index contributed by atoms with van der Waals surface area (Å²) in [7, 11) is 4.81. The fourth-order valence-corrected chi connectivity index (χ4v) is 1.23. The number of carboxylic acids is 1. The molecular weight excluding hydrogens is 186 g/mol. The van der Waals surface area contributed by atoms with Crippen molar-refractivity contribution in [2.24, 2.45) is 0 Å². The minimum atomic E-state index is -3.04. The van der Waals surface area contributed by atoms with Crippen LogP contribution in [0.25, 0.3) is 0 Å². The van der Waals surface area contributed by atoms with Crippen molar-refractivity contribution >= 4 is 11.8 Å². The second-order valence-corrected chi connectivity index (χ2v) is 4.36. The lowest BCUT2D eigenvalue weighted by Gasteiger charge is -2.34. The lowest BCUT2D eigenvalue weighted by molar-refractivity contribution is -0.875. The van der Waals surface area contributed by atoms with E-state index in [1.54, 1.807) is 21.1 Å². The van der Waals surface area contributed by atoms with Crippen LogP contribution in [0.4, 0.5) is 0 Å². The van der Waals surface area contributed by atoms with Crippen LogP contribution in [0.5, 0.6) is 0 Å². The Hall–Kier alpha value is -0.940. The largest absolute Gasteiger partial charge is 0.550 e. The third-order valence-electron chi connectivity index (χ3n) is 1.60. The molecule has 0 aliphatic carbocycles. The fraction of sp³-hybridized carbons (Fsp3) is 0.778. The second-order valence-electron chi connectivity index (χ2n) is 4.36. The van der Waals surface area contributed by atoms with Crippen molar-refractivity contribution in [3.05, 3.63) is 0 Å². The van der Waals surface area contributed by atoms with Gasteiger partial charge < -0.3 is 19.5 Å². The lowest BCUT2D eigenvalue weighted by atomic mass is 9.94. The summed E-state index contributed by atoms with van der Waals surface area (Å²) in [5.41, 5.74) is -2.44. The van der Waals surface area contributed by atoms with E-state index in [-0.39, 0.29) is 11.0 Å². The molecule has 0 aromatic carbocycles. The Balaban J connectivity index is 5.25. The minimum absolute atomic E-state index is 0.0472. The summed E-state index contributed by atoms with van der Waals surface area (Å²) < 4.78 is 20.9. The van der Waals surface area contributed by atoms with Gasteiger partial charge in [0.1, 0.15) is 6.54 Å². The molecule has 5 nitrogen and oxygen atoms in total. The number of carbonyl (C=O) groups is 2. The molecule has 0 aromatic rings. The fourth-order valence-electron chi connectivity index (χ4n) is 1.23. The van der Waals surface area contributed by atoms with E-state index in [0.717, 1.165) is 0 Å². The van der Waals surface area contributed by atoms with E-state index in [2.05, 4.69) is 0 Å². The lowest BCUT2D eigenvalue weighted by Crippen LogP contribution is -2.55. The molecule has 0 bridgehead atoms. The molecule has 0 spiro atoms. The number of ketones is 1. The molecule has 0 aromatic heterocycles. The van der Waals surface area contributed by atoms with Gasteiger partial charge in [0.15, 0.2) is 11.4 Å². The standard InChI is InChI=1S/C9H17NO4/c1-7(11)9(14,5-8(12)13)6-10(2,3)4/h14H,5-6H2,1-4H3/i1D3. The maximum atomic E-state index is 11.6. The topological polar surface area (TPSA) is 77.4 Å². The van der Waals surface area contributed by atoms with Crippen molar-refractivity contribution in [3.8, 4) is 0 Å². The molecule has 0 aliphatic rings. The number of carbonyl (C=O) groups excluding carboxylic acids is 2. The highest BCUT2D eigenvalue weighted by atomic mass is 16.4. The summed E-state index contributed by atoms with van der Waals surface area (Å²) in [6.07, 6.45) is -1.03. The van der Waals surface area contributed by atoms with Crippen molar-refractivity contribution in [1.82, 2.24) is 0 Å². The number of likely N-dealkylation sites (N-methyl/N-ethyl adjacent to an activating group) is 1. The molecule has 0 radical (unpaired) electrons. The van der Waals surface area contributed by atoms with Gasteiger partial charge in [0, 0.05) is 16.5 Å². The van der Waals surface area contributed by atoms with E-state index in [4.69, 9.17) is 4.11 Å². The van der Waals surface area contributed by atoms with E-state index >= 15 is 0 Å². The van der Waals surface area contributed by atoms with Gasteiger partial charge in [0.05, 0.1) is 21.1 Å². The van der Waals surface area contributed by atoms with Gasteiger partial charge >= 0.3 is 0 Å². The third kappa shape index (κ3) is 4.34. The molecule has 5 heteroatoms. The molecule has 1 unspecified atom stereocenters. The molecule has 0 saturated carbocycles. The van der Waals surface area contributed by atoms with Crippen LogP contribution < -0.4 is 5.11 Å². The van der Waals surface area contributed by atoms with Crippen molar-refractivity contribution in [3.63, 3.8) is 0 Å². The average Bonchev–Trinajstić information content (AvgIpc) is 1.95. The maximum absolute atomic E-state index is 11.6. The first kappa shape index (κ1) is 8.38. The first-order valence-electron chi connectivity index (χ1n) is 5.55. The minimum Gasteiger partial charge on any atom is -0.550 e. The third-order valence-corrected chi connectivity index (χ3v) is 1.60. The zero-order valence-electron chi connectivity index (χ0n) is 11.5. The van der Waals surface area contributed by atoms with E-state index < -0.39 is 30.6 Å². The van der Waals surface area contributed by atoms with Gasteiger partial charge in [-0.3, -0.25) is 4.79 Å². The summed E-state index contributed by atoms with van der Waals surface area (Å²) in [6, 6.07) is 0. The number of quaternary nitrogens is 1. The summed E-state index contributed by atoms with van der Waals surface area (Å²) in [6.45, 7) is -3.36. The van der Waals surface area contributed by atoms with Crippen LogP contribution >= 0.6 is 0 Å². The maximum Gasteiger partial charge on any atom is 0.176 e. The normalized spacial score (nSPS) is 20.1. The number of aliphatic hydroxyl groups is 1. The summed E-state index contributed by atoms with van der Waals surface area (Å²) >= 11 is 0. The first-order chi connectivity index (χ1) is 7.28. The predicted molar refractivity (Wildman–Crippen MR) is 48.2 cm³/mol. The zero-order chi connectivity index (χ0) is 14.1. The molecule has 14 heavy (non-hydrogen) atoms. The summed E-state index contributed by atoms with van der Waals surface area (Å²) in [5, 5.41) is 20.5. The Bertz CT molecular complexity index is 321. The van der Waals surface area contributed by atoms with E-state index in [1.165, 1.54) is 0 Å². The van der Waals surface area contributed by atoms with Gasteiger partial charge in [-0.1, -0.05) is 0 Å². The molecular formula is C9H17NO4. The average molecular weight is 206 g/mol. The number of hydrogen-bond acceptors (Lipinski definition) is 4. The number of nitrogens with zero attached hydrogens (tertiary/aromatic N) is 1. The van der Waals surface area contributed by atoms with Gasteiger partial charge in [-0.05, 0) is 6.85 Å². The van der Waals surface area contributed by atoms with Crippen molar-refractivity contribution < 1.29 is 28.4 Å². The highest BCUT2D eigenvalue weighted by Crippen LogP contribution is 2.15. The smallest absolute Gasteiger partial charge is 0.176 e. The first-order valence-corrected chi connectivity index (χ1v) is 4.05. The zero-order valence-corrected chi connectivity index (χ0v) is 8.53. The summed E-state index contributed by atoms with van der Waals surface area (Å²) in [4.78, 5) is 22.1. The Labute approximate surface area is 87.8 Å². The van der Waals surface area contributed by atoms with E-state index in [0.29, 0.717) is 0 Å². The Morgan fingerprint density at radius 1 is 1.50 bits per heavy atom. The monoisotopic (exact) mass is 206 g/mol. The van der Waals surface area contributed by atoms with Crippen LogP contribution in [0.15, 0.2) is 0 Å². The van der Waals surface area contributed by atoms with Crippen LogP contribution in [0.3, 0.4) is 0 Å². The summed E-state index contributed by atoms with van der Waals surface area (Å²) in [5.74, 6) is -3.14. The van der Waals surface area contributed by atoms with Crippen LogP contribution in [0.1, 0.15) is 17.4 Å². The number of hydrogen-bond donors (Lipinski definition) is 1. The molecule has 82 valence electrons. The van der Waals surface area contributed by atoms with Gasteiger partial charge in [-0.15, -0.1) is 0 Å². The van der Waals surface area contributed by atoms with Crippen LogP contribution in [0.2, 0.25) is 0 Å². The highest BCUT2D eigenvalue weighted by Gasteiger charge is 2.38. The Kier molecular flexibility index (Phi) is 2.43. The second kappa shape index (κ2) is 4.06. The molecule has 0 amide bonds. The number of Topliss-reactive ketones (excluding diaryl/α,β-unsaturated/α-hetero) is 1. The SMILES string of the molecule is [2H]C([2H])([2H])C(=O)C(O)(CC(=O)[O-])C[N+](C)(C)C. The number of rotatable bonds is 5. The Morgan fingerprint density at radius 2 is 2.00 bits per heavy atom. The predicted octanol–water partition coefficient (Wildman–Crippen LogP) is -1.85. The van der Waals surface area contributed by atoms with E-state index in [1.807, 2.05) is 0 Å². The molecule has 0 saturated heterocycles. The van der Waals surface area contributed by atoms with Gasteiger partial charge in [0.2, 0.25) is 0 Å². The molecule has 0 aliphatic heterocycles. The van der Waals surface area contributed by atoms with E-state index in [9.17, 15) is 19.8 Å². The molecule has 1 N–H and O–H groups in total.